The maximum Gasteiger partial charge on any atom is 0.264 e. The Balaban J connectivity index is 1.00. The van der Waals surface area contributed by atoms with Crippen LogP contribution in [0, 0.1) is 36.5 Å². The Morgan fingerprint density at radius 3 is 1.91 bits per heavy atom. The third kappa shape index (κ3) is 15.5. The van der Waals surface area contributed by atoms with Gasteiger partial charge in [-0.2, -0.15) is 0 Å². The number of aliphatic hydroxyl groups excluding tert-OH is 2. The maximum atomic E-state index is 16.0. The van der Waals surface area contributed by atoms with Gasteiger partial charge >= 0.3 is 0 Å². The van der Waals surface area contributed by atoms with Crippen molar-refractivity contribution in [3.63, 3.8) is 0 Å². The van der Waals surface area contributed by atoms with Crippen LogP contribution in [0.4, 0.5) is 0 Å². The molecule has 16 N–H and O–H groups in total. The fourth-order valence-electron chi connectivity index (χ4n) is 15.2. The topological polar surface area (TPSA) is 440 Å². The maximum absolute atomic E-state index is 16.0. The number of aryl methyl sites for hydroxylation is 1. The smallest absolute Gasteiger partial charge is 0.264 e. The lowest BCUT2D eigenvalue weighted by Gasteiger charge is -2.54. The molecule has 0 saturated heterocycles. The van der Waals surface area contributed by atoms with Gasteiger partial charge < -0.3 is 92.7 Å². The summed E-state index contributed by atoms with van der Waals surface area (Å²) in [6.07, 6.45) is -0.553. The monoisotopic (exact) mass is 1470 g/mol. The summed E-state index contributed by atoms with van der Waals surface area (Å²) >= 11 is 6.99. The summed E-state index contributed by atoms with van der Waals surface area (Å²) < 4.78 is 48.2. The predicted molar refractivity (Wildman–Crippen MR) is 373 cm³/mol. The molecule has 5 aliphatic heterocycles. The van der Waals surface area contributed by atoms with Crippen molar-refractivity contribution >= 4 is 68.9 Å². The number of hydrogen-bond acceptors (Lipinski definition) is 21. The Morgan fingerprint density at radius 2 is 1.27 bits per heavy atom. The van der Waals surface area contributed by atoms with Crippen LogP contribution in [0.25, 0.3) is 11.1 Å². The van der Waals surface area contributed by atoms with Gasteiger partial charge in [-0.3, -0.25) is 38.4 Å². The normalized spacial score (nSPS) is 25.3. The second kappa shape index (κ2) is 30.2. The number of carbonyl (C=O) groups is 8. The van der Waals surface area contributed by atoms with Gasteiger partial charge in [-0.1, -0.05) is 43.6 Å². The van der Waals surface area contributed by atoms with Crippen LogP contribution in [0.3, 0.4) is 0 Å². The summed E-state index contributed by atoms with van der Waals surface area (Å²) in [4.78, 5) is 121. The number of likely N-dealkylation sites (N-methyl/N-ethyl adjacent to an activating group) is 2. The molecular formula is C73H81ClN10O19S. The number of aliphatic hydroxyl groups is 2. The van der Waals surface area contributed by atoms with Crippen molar-refractivity contribution < 1.29 is 91.6 Å². The van der Waals surface area contributed by atoms with Crippen molar-refractivity contribution in [3.8, 4) is 62.9 Å². The highest BCUT2D eigenvalue weighted by atomic mass is 35.5. The zero-order valence-corrected chi connectivity index (χ0v) is 58.7. The Labute approximate surface area is 602 Å². The van der Waals surface area contributed by atoms with E-state index < -0.39 is 158 Å². The van der Waals surface area contributed by atoms with E-state index in [2.05, 4.69) is 47.9 Å². The molecule has 15 rings (SSSR count). The molecule has 4 fully saturated rings. The lowest BCUT2D eigenvalue weighted by Crippen LogP contribution is -2.59. The number of nitrogens with one attached hydrogen (secondary N) is 10. The van der Waals surface area contributed by atoms with Gasteiger partial charge in [0.1, 0.15) is 89.6 Å². The molecule has 6 aromatic rings. The minimum Gasteiger partial charge on any atom is -0.508 e. The van der Waals surface area contributed by atoms with Gasteiger partial charge in [0.2, 0.25) is 53.0 Å². The number of rotatable bonds is 15. The molecule has 104 heavy (non-hydrogen) atoms. The molecule has 0 unspecified atom stereocenters. The molecule has 9 aliphatic rings. The Bertz CT molecular complexity index is 4500. The van der Waals surface area contributed by atoms with Crippen LogP contribution in [0.2, 0.25) is 5.02 Å². The summed E-state index contributed by atoms with van der Waals surface area (Å²) in [6, 6.07) is 6.27. The fraction of sp³-hybridized carbons (Fsp3) is 0.397. The third-order valence-corrected chi connectivity index (χ3v) is 21.8. The molecule has 550 valence electrons. The van der Waals surface area contributed by atoms with Crippen LogP contribution in [-0.2, 0) is 48.4 Å². The summed E-state index contributed by atoms with van der Waals surface area (Å²) in [6.45, 7) is 5.89. The van der Waals surface area contributed by atoms with E-state index in [0.717, 1.165) is 80.6 Å². The van der Waals surface area contributed by atoms with Gasteiger partial charge in [0, 0.05) is 29.8 Å². The summed E-state index contributed by atoms with van der Waals surface area (Å²) in [5.74, 6) is -12.3. The quantitative estimate of drug-likeness (QED) is 0.0628. The van der Waals surface area contributed by atoms with E-state index in [0.29, 0.717) is 18.4 Å². The molecule has 4 aliphatic carbocycles. The second-order valence-electron chi connectivity index (χ2n) is 27.8. The van der Waals surface area contributed by atoms with E-state index in [9.17, 15) is 48.6 Å². The van der Waals surface area contributed by atoms with Crippen molar-refractivity contribution in [1.29, 1.82) is 0 Å². The van der Waals surface area contributed by atoms with Crippen molar-refractivity contribution in [1.82, 2.24) is 52.6 Å². The zero-order chi connectivity index (χ0) is 74.3. The fourth-order valence-corrected chi connectivity index (χ4v) is 16.4. The van der Waals surface area contributed by atoms with E-state index in [4.69, 9.17) is 25.8 Å². The highest BCUT2D eigenvalue weighted by molar-refractivity contribution is 7.90. The minimum atomic E-state index is -4.81. The first-order valence-electron chi connectivity index (χ1n) is 34.2. The SMILES string of the molecule is CNCCOc1ccc(S(=O)(=O)NC(=O)C[C@@H]2NC(=O)[C@H](NC(=O)[C@@H](CC(C)C)NC)[C@H](O)c3ccc(c(C)c3)Oc3cc4cc(c3O)Oc3ccc(cc3Cl)[C@@H](O)[C@@H]3NC(=O)[C@H](NC(=O)[C@@H]4NC2=O)c2ccc(O)c(c2)-c2c(O)cc(O)cc2[C@@H](C(=O)NC2C4CC5CC(C4)CC2C5)NC3=O)cc1. The van der Waals surface area contributed by atoms with Crippen molar-refractivity contribution in [2.45, 2.75) is 131 Å². The molecule has 31 heteroatoms. The van der Waals surface area contributed by atoms with Crippen LogP contribution in [0.15, 0.2) is 108 Å². The number of fused-ring (bicyclic) bond motifs is 15. The zero-order valence-electron chi connectivity index (χ0n) is 57.1. The number of phenolic OH excluding ortho intramolecular Hbond substituents is 4. The molecule has 8 amide bonds. The molecule has 29 nitrogen and oxygen atoms in total. The van der Waals surface area contributed by atoms with Crippen LogP contribution in [0.1, 0.15) is 123 Å². The van der Waals surface area contributed by atoms with Gasteiger partial charge in [-0.05, 0) is 201 Å². The Morgan fingerprint density at radius 1 is 0.644 bits per heavy atom. The summed E-state index contributed by atoms with van der Waals surface area (Å²) in [5.41, 5.74) is -1.45. The molecule has 4 saturated carbocycles. The molecule has 5 heterocycles. The van der Waals surface area contributed by atoms with Gasteiger partial charge in [0.05, 0.1) is 22.4 Å². The van der Waals surface area contributed by atoms with E-state index in [1.54, 1.807) is 7.05 Å². The van der Waals surface area contributed by atoms with Gasteiger partial charge in [-0.25, -0.2) is 13.1 Å². The van der Waals surface area contributed by atoms with Gasteiger partial charge in [0.15, 0.2) is 11.5 Å². The molecule has 0 radical (unpaired) electrons. The summed E-state index contributed by atoms with van der Waals surface area (Å²) in [7, 11) is -1.61. The van der Waals surface area contributed by atoms with E-state index >= 15 is 28.8 Å². The number of amides is 8. The predicted octanol–water partition coefficient (Wildman–Crippen LogP) is 4.52. The van der Waals surface area contributed by atoms with Crippen molar-refractivity contribution in [3.05, 3.63) is 142 Å². The first-order chi connectivity index (χ1) is 49.5. The van der Waals surface area contributed by atoms with Gasteiger partial charge in [0.25, 0.3) is 10.0 Å². The Kier molecular flexibility index (Phi) is 21.4. The third-order valence-electron chi connectivity index (χ3n) is 20.1. The number of sulfonamides is 1. The van der Waals surface area contributed by atoms with E-state index in [1.807, 2.05) is 18.6 Å². The van der Waals surface area contributed by atoms with Crippen LogP contribution in [-0.4, -0.2) is 144 Å². The summed E-state index contributed by atoms with van der Waals surface area (Å²) in [5, 5.41) is 96.3. The largest absolute Gasteiger partial charge is 0.508 e. The standard InChI is InChI=1S/C73H81ClN10O19S/c1-32(2)18-48(76-5)67(92)82-62-64(89)37-7-14-52(33(3)19-37)102-54-27-41-28-55(66(54)91)103-53-15-8-38(26-47(53)74)65(90)63-73(98)81-61(71(96)78-58-39-21-34-20-35(23-39)24-40(58)22-34)46-29-42(85)30-51(87)57(46)45-25-36(6-13-50(45)86)59(69(94)83-63)80-70(95)60(41)79-68(93)49(77-72(62)97)31-56(88)84-104(99,100)44-11-9-43(10-12-44)101-17-16-75-4/h6-15,19,25-30,32,34-35,39-40,48-49,58-65,75-76,85-87,89-91H,16-18,20-24,31H2,1-5H3,(H,77,97)(H,78,96)(H,79,93)(H,80,95)(H,81,98)(H,82,92)(H,83,94)(H,84,88)/t34?,35?,39?,40?,48-,49+,58?,59-,60-,61+,62-,63+,64-,65-/m1/s1. The molecular weight excluding hydrogens is 1390 g/mol. The highest BCUT2D eigenvalue weighted by Crippen LogP contribution is 2.54. The van der Waals surface area contributed by atoms with E-state index in [1.165, 1.54) is 68.6 Å². The van der Waals surface area contributed by atoms with Crippen LogP contribution < -0.4 is 66.8 Å². The van der Waals surface area contributed by atoms with Crippen molar-refractivity contribution in [2.75, 3.05) is 27.2 Å². The number of ether oxygens (including phenoxy) is 3. The molecule has 0 aromatic heterocycles. The van der Waals surface area contributed by atoms with Crippen molar-refractivity contribution in [2.24, 2.45) is 29.6 Å². The highest BCUT2D eigenvalue weighted by Gasteiger charge is 2.50. The number of aromatic hydroxyl groups is 4. The van der Waals surface area contributed by atoms with E-state index in [-0.39, 0.29) is 104 Å². The number of carbonyl (C=O) groups excluding carboxylic acids is 8. The number of phenols is 4. The average molecular weight is 1470 g/mol. The molecule has 15 bridgehead atoms. The first kappa shape index (κ1) is 73.5. The lowest BCUT2D eigenvalue weighted by molar-refractivity contribution is -0.138. The lowest BCUT2D eigenvalue weighted by atomic mass is 9.54. The number of hydrogen-bond donors (Lipinski definition) is 16. The van der Waals surface area contributed by atoms with Crippen LogP contribution in [0.5, 0.6) is 51.7 Å². The minimum absolute atomic E-state index is 0.00600. The molecule has 6 aromatic carbocycles. The van der Waals surface area contributed by atoms with Gasteiger partial charge in [-0.15, -0.1) is 0 Å². The van der Waals surface area contributed by atoms with Crippen LogP contribution >= 0.6 is 11.6 Å². The molecule has 9 atom stereocenters. The number of halogens is 1. The second-order valence-corrected chi connectivity index (χ2v) is 29.9. The first-order valence-corrected chi connectivity index (χ1v) is 36.0. The average Bonchev–Trinajstić information content (AvgIpc) is 0.761. The number of benzene rings is 6. The Hall–Kier alpha value is -10.2. The molecule has 0 spiro atoms.